The van der Waals surface area contributed by atoms with Gasteiger partial charge in [-0.05, 0) is 18.9 Å². The third-order valence-electron chi connectivity index (χ3n) is 2.58. The van der Waals surface area contributed by atoms with E-state index in [1.54, 1.807) is 13.2 Å². The van der Waals surface area contributed by atoms with Crippen molar-refractivity contribution in [3.05, 3.63) is 22.7 Å². The van der Waals surface area contributed by atoms with Gasteiger partial charge in [0.15, 0.2) is 0 Å². The van der Waals surface area contributed by atoms with Crippen molar-refractivity contribution < 1.29 is 9.47 Å². The molecule has 1 unspecified atom stereocenters. The molecule has 0 radical (unpaired) electrons. The highest BCUT2D eigenvalue weighted by molar-refractivity contribution is 6.29. The van der Waals surface area contributed by atoms with Gasteiger partial charge >= 0.3 is 0 Å². The molecule has 5 heteroatoms. The Hall–Kier alpha value is -0.710. The summed E-state index contributed by atoms with van der Waals surface area (Å²) < 4.78 is 10.5. The van der Waals surface area contributed by atoms with Crippen molar-refractivity contribution in [3.8, 4) is 0 Å². The van der Waals surface area contributed by atoms with E-state index in [9.17, 15) is 0 Å². The predicted molar refractivity (Wildman–Crippen MR) is 60.5 cm³/mol. The van der Waals surface area contributed by atoms with Crippen molar-refractivity contribution in [2.45, 2.75) is 25.4 Å². The summed E-state index contributed by atoms with van der Waals surface area (Å²) in [5.41, 5.74) is 0.822. The van der Waals surface area contributed by atoms with Gasteiger partial charge in [0.1, 0.15) is 11.0 Å². The molecule has 4 nitrogen and oxygen atoms in total. The van der Waals surface area contributed by atoms with Gasteiger partial charge in [-0.3, -0.25) is 0 Å². The van der Waals surface area contributed by atoms with E-state index < -0.39 is 0 Å². The van der Waals surface area contributed by atoms with Crippen LogP contribution in [0.25, 0.3) is 0 Å². The summed E-state index contributed by atoms with van der Waals surface area (Å²) in [6.45, 7) is 1.98. The van der Waals surface area contributed by atoms with Gasteiger partial charge in [-0.15, -0.1) is 0 Å². The summed E-state index contributed by atoms with van der Waals surface area (Å²) in [6.07, 6.45) is 2.12. The Morgan fingerprint density at radius 2 is 2.44 bits per heavy atom. The maximum absolute atomic E-state index is 5.96. The van der Waals surface area contributed by atoms with E-state index in [4.69, 9.17) is 21.1 Å². The van der Waals surface area contributed by atoms with E-state index in [0.29, 0.717) is 18.4 Å². The standard InChI is InChI=1S/C11H15ClN2O2/c1-15-7-9-5-10(12)14-11(13-9)8-3-2-4-16-6-8/h5,8H,2-4,6-7H2,1H3. The number of hydrogen-bond donors (Lipinski definition) is 0. The molecule has 1 aliphatic rings. The molecule has 0 saturated carbocycles. The fraction of sp³-hybridized carbons (Fsp3) is 0.636. The molecule has 0 aromatic carbocycles. The normalized spacial score (nSPS) is 21.0. The van der Waals surface area contributed by atoms with Crippen LogP contribution < -0.4 is 0 Å². The number of halogens is 1. The summed E-state index contributed by atoms with van der Waals surface area (Å²) in [6, 6.07) is 1.73. The number of rotatable bonds is 3. The molecule has 0 spiro atoms. The van der Waals surface area contributed by atoms with Gasteiger partial charge in [-0.25, -0.2) is 9.97 Å². The zero-order chi connectivity index (χ0) is 11.4. The average Bonchev–Trinajstić information content (AvgIpc) is 2.30. The first-order chi connectivity index (χ1) is 7.79. The Labute approximate surface area is 99.9 Å². The van der Waals surface area contributed by atoms with Gasteiger partial charge in [0, 0.05) is 19.6 Å². The Balaban J connectivity index is 2.18. The number of hydrogen-bond acceptors (Lipinski definition) is 4. The second kappa shape index (κ2) is 5.57. The lowest BCUT2D eigenvalue weighted by Gasteiger charge is -2.21. The molecule has 2 rings (SSSR count). The van der Waals surface area contributed by atoms with Crippen molar-refractivity contribution in [1.29, 1.82) is 0 Å². The van der Waals surface area contributed by atoms with Crippen LogP contribution in [-0.2, 0) is 16.1 Å². The number of nitrogens with zero attached hydrogens (tertiary/aromatic N) is 2. The smallest absolute Gasteiger partial charge is 0.135 e. The van der Waals surface area contributed by atoms with Gasteiger partial charge in [0.05, 0.1) is 18.9 Å². The summed E-state index contributed by atoms with van der Waals surface area (Å²) >= 11 is 5.96. The van der Waals surface area contributed by atoms with E-state index in [-0.39, 0.29) is 5.92 Å². The minimum Gasteiger partial charge on any atom is -0.381 e. The molecule has 1 atom stereocenters. The summed E-state index contributed by atoms with van der Waals surface area (Å²) in [4.78, 5) is 8.70. The minimum atomic E-state index is 0.267. The molecule has 1 saturated heterocycles. The summed E-state index contributed by atoms with van der Waals surface area (Å²) in [5, 5.41) is 0.475. The van der Waals surface area contributed by atoms with Gasteiger partial charge in [-0.1, -0.05) is 11.6 Å². The van der Waals surface area contributed by atoms with E-state index in [2.05, 4.69) is 9.97 Å². The van der Waals surface area contributed by atoms with Crippen LogP contribution >= 0.6 is 11.6 Å². The first-order valence-electron chi connectivity index (χ1n) is 5.39. The third kappa shape index (κ3) is 2.90. The molecular weight excluding hydrogens is 228 g/mol. The molecule has 88 valence electrons. The highest BCUT2D eigenvalue weighted by Crippen LogP contribution is 2.24. The van der Waals surface area contributed by atoms with Crippen molar-refractivity contribution in [1.82, 2.24) is 9.97 Å². The molecule has 2 heterocycles. The number of aromatic nitrogens is 2. The molecule has 0 N–H and O–H groups in total. The second-order valence-corrected chi connectivity index (χ2v) is 4.27. The quantitative estimate of drug-likeness (QED) is 0.762. The third-order valence-corrected chi connectivity index (χ3v) is 2.78. The van der Waals surface area contributed by atoms with Crippen molar-refractivity contribution in [3.63, 3.8) is 0 Å². The Bertz CT molecular complexity index is 354. The van der Waals surface area contributed by atoms with Crippen molar-refractivity contribution >= 4 is 11.6 Å². The average molecular weight is 243 g/mol. The van der Waals surface area contributed by atoms with E-state index in [1.165, 1.54) is 0 Å². The van der Waals surface area contributed by atoms with Crippen molar-refractivity contribution in [2.75, 3.05) is 20.3 Å². The first-order valence-corrected chi connectivity index (χ1v) is 5.77. The lowest BCUT2D eigenvalue weighted by molar-refractivity contribution is 0.0778. The zero-order valence-electron chi connectivity index (χ0n) is 9.28. The fourth-order valence-electron chi connectivity index (χ4n) is 1.83. The zero-order valence-corrected chi connectivity index (χ0v) is 10.0. The van der Waals surface area contributed by atoms with Crippen LogP contribution in [0, 0.1) is 0 Å². The molecule has 16 heavy (non-hydrogen) atoms. The van der Waals surface area contributed by atoms with Gasteiger partial charge in [0.2, 0.25) is 0 Å². The molecule has 1 aromatic heterocycles. The Kier molecular flexibility index (Phi) is 4.09. The van der Waals surface area contributed by atoms with Gasteiger partial charge in [-0.2, -0.15) is 0 Å². The lowest BCUT2D eigenvalue weighted by Crippen LogP contribution is -2.18. The molecule has 0 bridgehead atoms. The maximum atomic E-state index is 5.96. The first kappa shape index (κ1) is 11.8. The van der Waals surface area contributed by atoms with Gasteiger partial charge < -0.3 is 9.47 Å². The van der Waals surface area contributed by atoms with E-state index >= 15 is 0 Å². The minimum absolute atomic E-state index is 0.267. The molecule has 1 aromatic rings. The molecule has 0 aliphatic carbocycles. The maximum Gasteiger partial charge on any atom is 0.135 e. The van der Waals surface area contributed by atoms with E-state index in [1.807, 2.05) is 0 Å². The topological polar surface area (TPSA) is 44.2 Å². The summed E-state index contributed by atoms with van der Waals surface area (Å²) in [7, 11) is 1.64. The van der Waals surface area contributed by atoms with E-state index in [0.717, 1.165) is 31.0 Å². The Morgan fingerprint density at radius 3 is 3.12 bits per heavy atom. The molecule has 0 amide bonds. The second-order valence-electron chi connectivity index (χ2n) is 3.89. The van der Waals surface area contributed by atoms with Crippen LogP contribution in [0.1, 0.15) is 30.3 Å². The number of methoxy groups -OCH3 is 1. The largest absolute Gasteiger partial charge is 0.381 e. The highest BCUT2D eigenvalue weighted by Gasteiger charge is 2.19. The van der Waals surface area contributed by atoms with Crippen LogP contribution in [0.2, 0.25) is 5.15 Å². The predicted octanol–water partition coefficient (Wildman–Crippen LogP) is 2.17. The molecular formula is C11H15ClN2O2. The monoisotopic (exact) mass is 242 g/mol. The Morgan fingerprint density at radius 1 is 1.56 bits per heavy atom. The van der Waals surface area contributed by atoms with Crippen LogP contribution in [0.3, 0.4) is 0 Å². The fourth-order valence-corrected chi connectivity index (χ4v) is 2.04. The molecule has 1 fully saturated rings. The number of ether oxygens (including phenoxy) is 2. The lowest BCUT2D eigenvalue weighted by atomic mass is 10.0. The summed E-state index contributed by atoms with van der Waals surface area (Å²) in [5.74, 6) is 1.04. The SMILES string of the molecule is COCc1cc(Cl)nc(C2CCCOC2)n1. The highest BCUT2D eigenvalue weighted by atomic mass is 35.5. The van der Waals surface area contributed by atoms with Crippen LogP contribution in [-0.4, -0.2) is 30.3 Å². The van der Waals surface area contributed by atoms with Crippen LogP contribution in [0.4, 0.5) is 0 Å². The van der Waals surface area contributed by atoms with Gasteiger partial charge in [0.25, 0.3) is 0 Å². The molecule has 1 aliphatic heterocycles. The van der Waals surface area contributed by atoms with Crippen molar-refractivity contribution in [2.24, 2.45) is 0 Å². The van der Waals surface area contributed by atoms with Crippen LogP contribution in [0.15, 0.2) is 6.07 Å². The van der Waals surface area contributed by atoms with Crippen LogP contribution in [0.5, 0.6) is 0 Å².